The number of hydrogen-bond acceptors (Lipinski definition) is 4. The second-order valence-corrected chi connectivity index (χ2v) is 5.69. The van der Waals surface area contributed by atoms with Gasteiger partial charge >= 0.3 is 0 Å². The number of nitrogens with zero attached hydrogens (tertiary/aromatic N) is 1. The number of para-hydroxylation sites is 1. The van der Waals surface area contributed by atoms with Gasteiger partial charge in [0.15, 0.2) is 5.71 Å². The lowest BCUT2D eigenvalue weighted by Crippen LogP contribution is -2.28. The Balaban J connectivity index is 0.00000113. The van der Waals surface area contributed by atoms with Crippen molar-refractivity contribution in [2.24, 2.45) is 5.16 Å². The maximum atomic E-state index is 12.1. The molecule has 3 rings (SSSR count). The molecule has 0 unspecified atom stereocenters. The quantitative estimate of drug-likeness (QED) is 0.376. The summed E-state index contributed by atoms with van der Waals surface area (Å²) in [7, 11) is 2.94. The van der Waals surface area contributed by atoms with E-state index in [1.54, 1.807) is 19.2 Å². The van der Waals surface area contributed by atoms with Gasteiger partial charge in [0.05, 0.1) is 5.56 Å². The maximum absolute atomic E-state index is 12.1. The number of nitrogens with one attached hydrogen (secondary N) is 1. The van der Waals surface area contributed by atoms with Gasteiger partial charge in [-0.25, -0.2) is 0 Å². The van der Waals surface area contributed by atoms with Crippen molar-refractivity contribution in [3.8, 4) is 22.6 Å². The van der Waals surface area contributed by atoms with Gasteiger partial charge in [0, 0.05) is 7.05 Å². The average Bonchev–Trinajstić information content (AvgIpc) is 2.86. The predicted octanol–water partition coefficient (Wildman–Crippen LogP) is 6.29. The Morgan fingerprint density at radius 3 is 1.90 bits per heavy atom. The molecule has 0 spiro atoms. The van der Waals surface area contributed by atoms with Gasteiger partial charge in [0.25, 0.3) is 5.91 Å². The first kappa shape index (κ1) is 25.4. The molecular formula is C26H32N2O3. The van der Waals surface area contributed by atoms with Crippen LogP contribution in [0.3, 0.4) is 0 Å². The number of hydrogen-bond donors (Lipinski definition) is 1. The van der Waals surface area contributed by atoms with E-state index in [1.807, 2.05) is 82.3 Å². The molecule has 0 aliphatic rings. The molecule has 0 fully saturated rings. The number of benzene rings is 3. The van der Waals surface area contributed by atoms with Gasteiger partial charge in [0.2, 0.25) is 0 Å². The van der Waals surface area contributed by atoms with Crippen LogP contribution in [-0.2, 0) is 9.63 Å². The highest BCUT2D eigenvalue weighted by Crippen LogP contribution is 2.28. The van der Waals surface area contributed by atoms with E-state index in [0.717, 1.165) is 11.1 Å². The Hall–Kier alpha value is -3.60. The molecule has 5 nitrogen and oxygen atoms in total. The van der Waals surface area contributed by atoms with Crippen molar-refractivity contribution in [2.75, 3.05) is 14.2 Å². The molecule has 0 saturated carbocycles. The molecule has 0 aliphatic heterocycles. The number of likely N-dealkylation sites (N-methyl/N-ethyl adjacent to an activating group) is 1. The van der Waals surface area contributed by atoms with E-state index >= 15 is 0 Å². The Morgan fingerprint density at radius 2 is 1.32 bits per heavy atom. The fourth-order valence-corrected chi connectivity index (χ4v) is 2.65. The number of rotatable bonds is 6. The second kappa shape index (κ2) is 14.4. The van der Waals surface area contributed by atoms with Crippen molar-refractivity contribution in [1.29, 1.82) is 0 Å². The molecule has 0 saturated heterocycles. The van der Waals surface area contributed by atoms with E-state index < -0.39 is 0 Å². The number of carbonyl (C=O) groups excluding carboxylic acids is 1. The summed E-state index contributed by atoms with van der Waals surface area (Å²) in [5, 5.41) is 6.41. The molecule has 0 aliphatic carbocycles. The highest BCUT2D eigenvalue weighted by Gasteiger charge is 2.18. The van der Waals surface area contributed by atoms with E-state index in [4.69, 9.17) is 9.57 Å². The zero-order chi connectivity index (χ0) is 23.1. The summed E-state index contributed by atoms with van der Waals surface area (Å²) in [5.41, 5.74) is 2.93. The number of carbonyl (C=O) groups is 1. The highest BCUT2D eigenvalue weighted by atomic mass is 16.6. The van der Waals surface area contributed by atoms with Gasteiger partial charge in [-0.3, -0.25) is 4.79 Å². The van der Waals surface area contributed by atoms with Crippen molar-refractivity contribution in [3.63, 3.8) is 0 Å². The molecule has 164 valence electrons. The van der Waals surface area contributed by atoms with Crippen molar-refractivity contribution >= 4 is 11.6 Å². The lowest BCUT2D eigenvalue weighted by atomic mass is 10.1. The van der Waals surface area contributed by atoms with Crippen LogP contribution in [0.5, 0.6) is 11.5 Å². The number of amides is 1. The summed E-state index contributed by atoms with van der Waals surface area (Å²) in [6.45, 7) is 8.00. The Labute approximate surface area is 185 Å². The first-order chi connectivity index (χ1) is 15.2. The predicted molar refractivity (Wildman–Crippen MR) is 129 cm³/mol. The van der Waals surface area contributed by atoms with Gasteiger partial charge in [-0.2, -0.15) is 0 Å². The topological polar surface area (TPSA) is 59.9 Å². The van der Waals surface area contributed by atoms with Gasteiger partial charge in [0.1, 0.15) is 18.6 Å². The Kier molecular flexibility index (Phi) is 11.8. The lowest BCUT2D eigenvalue weighted by molar-refractivity contribution is -0.114. The number of oxime groups is 1. The van der Waals surface area contributed by atoms with E-state index in [-0.39, 0.29) is 11.6 Å². The third kappa shape index (κ3) is 7.30. The minimum Gasteiger partial charge on any atom is -0.457 e. The highest BCUT2D eigenvalue weighted by molar-refractivity contribution is 6.45. The van der Waals surface area contributed by atoms with Crippen molar-refractivity contribution in [1.82, 2.24) is 5.32 Å². The van der Waals surface area contributed by atoms with E-state index in [2.05, 4.69) is 22.6 Å². The van der Waals surface area contributed by atoms with Crippen molar-refractivity contribution < 1.29 is 14.4 Å². The van der Waals surface area contributed by atoms with Crippen LogP contribution in [0.15, 0.2) is 84.0 Å². The van der Waals surface area contributed by atoms with Crippen molar-refractivity contribution in [2.45, 2.75) is 27.7 Å². The van der Waals surface area contributed by atoms with E-state index in [1.165, 1.54) is 7.11 Å². The molecule has 31 heavy (non-hydrogen) atoms. The average molecular weight is 421 g/mol. The molecule has 5 heteroatoms. The van der Waals surface area contributed by atoms with Gasteiger partial charge in [-0.1, -0.05) is 87.4 Å². The molecule has 0 aromatic heterocycles. The fourth-order valence-electron chi connectivity index (χ4n) is 2.65. The van der Waals surface area contributed by atoms with Crippen LogP contribution in [0.2, 0.25) is 0 Å². The second-order valence-electron chi connectivity index (χ2n) is 5.69. The molecule has 0 bridgehead atoms. The molecule has 1 amide bonds. The monoisotopic (exact) mass is 420 g/mol. The maximum Gasteiger partial charge on any atom is 0.273 e. The van der Waals surface area contributed by atoms with Gasteiger partial charge in [-0.15, -0.1) is 0 Å². The van der Waals surface area contributed by atoms with E-state index in [0.29, 0.717) is 17.1 Å². The standard InChI is InChI=1S/C22H20N2O3.2C2H6/c1-23-22(25)21(24-26-2)19-10-6-7-11-20(19)27-18-14-12-17(13-15-18)16-8-4-3-5-9-16;2*1-2/h3-15H,1-2H3,(H,23,25);2*1-2H3/b24-21+;;. The van der Waals surface area contributed by atoms with Crippen LogP contribution >= 0.6 is 0 Å². The number of ether oxygens (including phenoxy) is 1. The van der Waals surface area contributed by atoms with Gasteiger partial charge < -0.3 is 14.9 Å². The molecule has 1 N–H and O–H groups in total. The minimum absolute atomic E-state index is 0.150. The zero-order valence-corrected chi connectivity index (χ0v) is 19.2. The smallest absolute Gasteiger partial charge is 0.273 e. The Morgan fingerprint density at radius 1 is 0.774 bits per heavy atom. The van der Waals surface area contributed by atoms with Crippen LogP contribution in [0.1, 0.15) is 33.3 Å². The molecule has 0 atom stereocenters. The molecular weight excluding hydrogens is 388 g/mol. The first-order valence-electron chi connectivity index (χ1n) is 10.5. The summed E-state index contributed by atoms with van der Waals surface area (Å²) in [4.78, 5) is 17.0. The first-order valence-corrected chi connectivity index (χ1v) is 10.5. The normalized spacial score (nSPS) is 9.94. The minimum atomic E-state index is -0.354. The SMILES string of the molecule is CC.CC.CNC(=O)/C(=N/OC)c1ccccc1Oc1ccc(-c2ccccc2)cc1. The summed E-state index contributed by atoms with van der Waals surface area (Å²) in [6, 6.07) is 25.1. The summed E-state index contributed by atoms with van der Waals surface area (Å²) < 4.78 is 6.01. The molecule has 3 aromatic carbocycles. The van der Waals surface area contributed by atoms with Crippen LogP contribution < -0.4 is 10.1 Å². The zero-order valence-electron chi connectivity index (χ0n) is 19.2. The molecule has 0 heterocycles. The van der Waals surface area contributed by atoms with Crippen LogP contribution in [-0.4, -0.2) is 25.8 Å². The molecule has 0 radical (unpaired) electrons. The third-order valence-corrected chi connectivity index (χ3v) is 3.96. The fraction of sp³-hybridized carbons (Fsp3) is 0.231. The Bertz CT molecular complexity index is 936. The van der Waals surface area contributed by atoms with Crippen LogP contribution in [0.4, 0.5) is 0 Å². The largest absolute Gasteiger partial charge is 0.457 e. The lowest BCUT2D eigenvalue weighted by Gasteiger charge is -2.12. The van der Waals surface area contributed by atoms with E-state index in [9.17, 15) is 4.79 Å². The summed E-state index contributed by atoms with van der Waals surface area (Å²) in [5.74, 6) is 0.826. The summed E-state index contributed by atoms with van der Waals surface area (Å²) in [6.07, 6.45) is 0. The third-order valence-electron chi connectivity index (χ3n) is 3.96. The van der Waals surface area contributed by atoms with Gasteiger partial charge in [-0.05, 0) is 35.4 Å². The van der Waals surface area contributed by atoms with Crippen LogP contribution in [0, 0.1) is 0 Å². The van der Waals surface area contributed by atoms with Crippen molar-refractivity contribution in [3.05, 3.63) is 84.4 Å². The summed E-state index contributed by atoms with van der Waals surface area (Å²) >= 11 is 0. The molecule has 3 aromatic rings. The van der Waals surface area contributed by atoms with Crippen LogP contribution in [0.25, 0.3) is 11.1 Å².